The van der Waals surface area contributed by atoms with Gasteiger partial charge in [0.25, 0.3) is 0 Å². The average Bonchev–Trinajstić information content (AvgIpc) is 2.46. The maximum atomic E-state index is 5.89. The minimum absolute atomic E-state index is 0.479. The summed E-state index contributed by atoms with van der Waals surface area (Å²) in [5.41, 5.74) is 0. The summed E-state index contributed by atoms with van der Waals surface area (Å²) in [6.07, 6.45) is 11.1. The Labute approximate surface area is 119 Å². The number of likely N-dealkylation sites (N-methyl/N-ethyl adjacent to an activating group) is 1. The van der Waals surface area contributed by atoms with Crippen LogP contribution in [0.3, 0.4) is 0 Å². The van der Waals surface area contributed by atoms with Gasteiger partial charge in [-0.2, -0.15) is 0 Å². The summed E-state index contributed by atoms with van der Waals surface area (Å²) in [6.45, 7) is 5.51. The molecule has 2 aliphatic rings. The van der Waals surface area contributed by atoms with Crippen LogP contribution >= 0.6 is 0 Å². The van der Waals surface area contributed by atoms with Gasteiger partial charge in [-0.3, -0.25) is 4.90 Å². The highest BCUT2D eigenvalue weighted by atomic mass is 16.5. The van der Waals surface area contributed by atoms with E-state index in [0.29, 0.717) is 18.2 Å². The predicted octanol–water partition coefficient (Wildman–Crippen LogP) is 2.80. The van der Waals surface area contributed by atoms with Gasteiger partial charge in [0.1, 0.15) is 0 Å². The molecule has 3 heteroatoms. The van der Waals surface area contributed by atoms with Crippen LogP contribution in [0.25, 0.3) is 0 Å². The van der Waals surface area contributed by atoms with Crippen LogP contribution in [-0.4, -0.2) is 49.8 Å². The Bertz CT molecular complexity index is 241. The third-order valence-corrected chi connectivity index (χ3v) is 4.72. The molecule has 0 bridgehead atoms. The maximum Gasteiger partial charge on any atom is 0.0702 e. The molecule has 112 valence electrons. The lowest BCUT2D eigenvalue weighted by Gasteiger charge is -2.40. The minimum Gasteiger partial charge on any atom is -0.377 e. The minimum atomic E-state index is 0.479. The summed E-state index contributed by atoms with van der Waals surface area (Å²) in [4.78, 5) is 2.57. The van der Waals surface area contributed by atoms with Gasteiger partial charge in [0, 0.05) is 25.2 Å². The normalized spacial score (nSPS) is 32.7. The van der Waals surface area contributed by atoms with E-state index in [4.69, 9.17) is 4.74 Å². The molecule has 1 heterocycles. The number of ether oxygens (including phenoxy) is 1. The van der Waals surface area contributed by atoms with Crippen LogP contribution in [0.1, 0.15) is 58.3 Å². The molecule has 3 atom stereocenters. The molecule has 0 radical (unpaired) electrons. The van der Waals surface area contributed by atoms with Gasteiger partial charge in [-0.05, 0) is 52.1 Å². The number of rotatable bonds is 6. The third kappa shape index (κ3) is 4.73. The van der Waals surface area contributed by atoms with Crippen molar-refractivity contribution >= 4 is 0 Å². The van der Waals surface area contributed by atoms with Crippen LogP contribution in [0, 0.1) is 0 Å². The SMILES string of the molecule is CCCNC1CCCCC1N(C)CC1CCCCO1. The van der Waals surface area contributed by atoms with E-state index in [0.717, 1.165) is 19.7 Å². The second kappa shape index (κ2) is 8.23. The van der Waals surface area contributed by atoms with E-state index < -0.39 is 0 Å². The van der Waals surface area contributed by atoms with E-state index in [1.807, 2.05) is 0 Å². The molecule has 0 amide bonds. The van der Waals surface area contributed by atoms with Crippen LogP contribution < -0.4 is 5.32 Å². The highest BCUT2D eigenvalue weighted by Crippen LogP contribution is 2.24. The monoisotopic (exact) mass is 268 g/mol. The predicted molar refractivity (Wildman–Crippen MR) is 80.6 cm³/mol. The van der Waals surface area contributed by atoms with Crippen molar-refractivity contribution in [1.29, 1.82) is 0 Å². The second-order valence-electron chi connectivity index (χ2n) is 6.34. The number of nitrogens with zero attached hydrogens (tertiary/aromatic N) is 1. The van der Waals surface area contributed by atoms with Gasteiger partial charge in [0.2, 0.25) is 0 Å². The van der Waals surface area contributed by atoms with Crippen molar-refractivity contribution in [2.45, 2.75) is 76.5 Å². The Kier molecular flexibility index (Phi) is 6.62. The molecular formula is C16H32N2O. The number of hydrogen-bond donors (Lipinski definition) is 1. The van der Waals surface area contributed by atoms with E-state index >= 15 is 0 Å². The quantitative estimate of drug-likeness (QED) is 0.801. The lowest BCUT2D eigenvalue weighted by atomic mass is 9.89. The summed E-state index contributed by atoms with van der Waals surface area (Å²) in [5.74, 6) is 0. The molecule has 1 saturated carbocycles. The molecule has 0 aromatic rings. The zero-order valence-electron chi connectivity index (χ0n) is 12.9. The smallest absolute Gasteiger partial charge is 0.0702 e. The molecule has 1 aliphatic carbocycles. The van der Waals surface area contributed by atoms with Gasteiger partial charge in [0.15, 0.2) is 0 Å². The molecule has 3 unspecified atom stereocenters. The summed E-state index contributed by atoms with van der Waals surface area (Å²) < 4.78 is 5.89. The van der Waals surface area contributed by atoms with Gasteiger partial charge in [-0.15, -0.1) is 0 Å². The second-order valence-corrected chi connectivity index (χ2v) is 6.34. The molecule has 1 aliphatic heterocycles. The van der Waals surface area contributed by atoms with Gasteiger partial charge in [-0.1, -0.05) is 19.8 Å². The van der Waals surface area contributed by atoms with Crippen LogP contribution in [0.15, 0.2) is 0 Å². The Hall–Kier alpha value is -0.120. The van der Waals surface area contributed by atoms with Crippen LogP contribution in [-0.2, 0) is 4.74 Å². The standard InChI is InChI=1S/C16H32N2O/c1-3-11-17-15-9-4-5-10-16(15)18(2)13-14-8-6-7-12-19-14/h14-17H,3-13H2,1-2H3. The van der Waals surface area contributed by atoms with Crippen LogP contribution in [0.2, 0.25) is 0 Å². The summed E-state index contributed by atoms with van der Waals surface area (Å²) in [6, 6.07) is 1.41. The van der Waals surface area contributed by atoms with Crippen LogP contribution in [0.4, 0.5) is 0 Å². The van der Waals surface area contributed by atoms with Crippen molar-refractivity contribution in [2.24, 2.45) is 0 Å². The fourth-order valence-corrected chi connectivity index (χ4v) is 3.61. The Morgan fingerprint density at radius 1 is 1.11 bits per heavy atom. The molecule has 3 nitrogen and oxygen atoms in total. The van der Waals surface area contributed by atoms with Gasteiger partial charge in [0.05, 0.1) is 6.10 Å². The fraction of sp³-hybridized carbons (Fsp3) is 1.00. The molecule has 1 saturated heterocycles. The molecule has 0 spiro atoms. The largest absolute Gasteiger partial charge is 0.377 e. The Morgan fingerprint density at radius 2 is 1.89 bits per heavy atom. The first-order valence-corrected chi connectivity index (χ1v) is 8.36. The van der Waals surface area contributed by atoms with Crippen molar-refractivity contribution in [2.75, 3.05) is 26.7 Å². The number of hydrogen-bond acceptors (Lipinski definition) is 3. The summed E-state index contributed by atoms with van der Waals surface area (Å²) in [7, 11) is 2.30. The average molecular weight is 268 g/mol. The molecule has 0 aromatic heterocycles. The highest BCUT2D eigenvalue weighted by Gasteiger charge is 2.29. The maximum absolute atomic E-state index is 5.89. The Balaban J connectivity index is 1.81. The first-order valence-electron chi connectivity index (χ1n) is 8.36. The molecule has 0 aromatic carbocycles. The zero-order chi connectivity index (χ0) is 13.5. The molecule has 2 rings (SSSR count). The lowest BCUT2D eigenvalue weighted by molar-refractivity contribution is -0.0140. The van der Waals surface area contributed by atoms with Crippen LogP contribution in [0.5, 0.6) is 0 Å². The van der Waals surface area contributed by atoms with E-state index in [2.05, 4.69) is 24.2 Å². The summed E-state index contributed by atoms with van der Waals surface area (Å²) in [5, 5.41) is 3.76. The Morgan fingerprint density at radius 3 is 2.63 bits per heavy atom. The first kappa shape index (κ1) is 15.3. The molecule has 2 fully saturated rings. The van der Waals surface area contributed by atoms with Gasteiger partial charge >= 0.3 is 0 Å². The molecule has 1 N–H and O–H groups in total. The van der Waals surface area contributed by atoms with Crippen molar-refractivity contribution in [3.63, 3.8) is 0 Å². The van der Waals surface area contributed by atoms with E-state index in [9.17, 15) is 0 Å². The van der Waals surface area contributed by atoms with Crippen molar-refractivity contribution < 1.29 is 4.74 Å². The van der Waals surface area contributed by atoms with Crippen molar-refractivity contribution in [3.05, 3.63) is 0 Å². The van der Waals surface area contributed by atoms with E-state index in [1.54, 1.807) is 0 Å². The van der Waals surface area contributed by atoms with Crippen molar-refractivity contribution in [3.8, 4) is 0 Å². The third-order valence-electron chi connectivity index (χ3n) is 4.72. The first-order chi connectivity index (χ1) is 9.31. The topological polar surface area (TPSA) is 24.5 Å². The van der Waals surface area contributed by atoms with Gasteiger partial charge < -0.3 is 10.1 Å². The van der Waals surface area contributed by atoms with Gasteiger partial charge in [-0.25, -0.2) is 0 Å². The van der Waals surface area contributed by atoms with E-state index in [1.165, 1.54) is 51.4 Å². The number of nitrogens with one attached hydrogen (secondary N) is 1. The molecular weight excluding hydrogens is 236 g/mol. The lowest BCUT2D eigenvalue weighted by Crippen LogP contribution is -2.52. The summed E-state index contributed by atoms with van der Waals surface area (Å²) >= 11 is 0. The zero-order valence-corrected chi connectivity index (χ0v) is 12.9. The highest BCUT2D eigenvalue weighted by molar-refractivity contribution is 4.88. The van der Waals surface area contributed by atoms with Crippen molar-refractivity contribution in [1.82, 2.24) is 10.2 Å². The van der Waals surface area contributed by atoms with E-state index in [-0.39, 0.29) is 0 Å². The fourth-order valence-electron chi connectivity index (χ4n) is 3.61. The molecule has 19 heavy (non-hydrogen) atoms.